The van der Waals surface area contributed by atoms with Gasteiger partial charge in [-0.15, -0.1) is 0 Å². The van der Waals surface area contributed by atoms with E-state index in [0.717, 1.165) is 26.4 Å². The molecular weight excluding hydrogens is 248 g/mol. The molecular formula is C18H38O2. The largest absolute Gasteiger partial charge is 0.381 e. The molecule has 1 fully saturated rings. The van der Waals surface area contributed by atoms with Crippen LogP contribution in [0.15, 0.2) is 0 Å². The quantitative estimate of drug-likeness (QED) is 0.514. The first-order valence-corrected chi connectivity index (χ1v) is 8.90. The zero-order valence-corrected chi connectivity index (χ0v) is 14.5. The minimum absolute atomic E-state index is 0.322. The van der Waals surface area contributed by atoms with Crippen molar-refractivity contribution in [3.63, 3.8) is 0 Å². The van der Waals surface area contributed by atoms with E-state index in [-0.39, 0.29) is 0 Å². The Morgan fingerprint density at radius 2 is 1.70 bits per heavy atom. The van der Waals surface area contributed by atoms with Gasteiger partial charge in [0.25, 0.3) is 0 Å². The molecule has 0 saturated carbocycles. The van der Waals surface area contributed by atoms with E-state index >= 15 is 0 Å². The van der Waals surface area contributed by atoms with E-state index in [1.165, 1.54) is 57.8 Å². The van der Waals surface area contributed by atoms with Crippen LogP contribution >= 0.6 is 0 Å². The minimum atomic E-state index is 0.322. The molecule has 1 saturated heterocycles. The van der Waals surface area contributed by atoms with Gasteiger partial charge < -0.3 is 9.47 Å². The van der Waals surface area contributed by atoms with Crippen molar-refractivity contribution in [1.29, 1.82) is 0 Å². The van der Waals surface area contributed by atoms with Crippen molar-refractivity contribution in [3.8, 4) is 0 Å². The zero-order valence-electron chi connectivity index (χ0n) is 14.5. The van der Waals surface area contributed by atoms with Gasteiger partial charge >= 0.3 is 0 Å². The molecule has 1 aliphatic rings. The fraction of sp³-hybridized carbons (Fsp3) is 1.00. The minimum Gasteiger partial charge on any atom is -0.381 e. The van der Waals surface area contributed by atoms with Gasteiger partial charge in [-0.25, -0.2) is 0 Å². The maximum absolute atomic E-state index is 5.83. The third-order valence-electron chi connectivity index (χ3n) is 4.20. The van der Waals surface area contributed by atoms with Crippen molar-refractivity contribution in [2.45, 2.75) is 85.5 Å². The van der Waals surface area contributed by atoms with Gasteiger partial charge in [0.15, 0.2) is 0 Å². The van der Waals surface area contributed by atoms with Crippen LogP contribution in [0, 0.1) is 5.41 Å². The summed E-state index contributed by atoms with van der Waals surface area (Å²) in [6, 6.07) is 0. The van der Waals surface area contributed by atoms with Crippen LogP contribution in [-0.2, 0) is 9.47 Å². The van der Waals surface area contributed by atoms with Crippen LogP contribution < -0.4 is 0 Å². The second-order valence-corrected chi connectivity index (χ2v) is 6.12. The molecule has 1 heterocycles. The lowest BCUT2D eigenvalue weighted by molar-refractivity contribution is -0.0613. The molecule has 1 unspecified atom stereocenters. The standard InChI is InChI=1S/C14H28O2.C4H10/c1-3-5-6-7-10-15-12-14(4-2)9-8-11-16-13-14;1-3-4-2/h3-13H2,1-2H3;3-4H2,1-2H3. The molecule has 0 aromatic carbocycles. The smallest absolute Gasteiger partial charge is 0.0544 e. The molecule has 0 aromatic rings. The van der Waals surface area contributed by atoms with Gasteiger partial charge in [-0.05, 0) is 25.7 Å². The van der Waals surface area contributed by atoms with Crippen LogP contribution in [0.4, 0.5) is 0 Å². The summed E-state index contributed by atoms with van der Waals surface area (Å²) in [7, 11) is 0. The first-order valence-electron chi connectivity index (χ1n) is 8.90. The van der Waals surface area contributed by atoms with Crippen molar-refractivity contribution in [2.75, 3.05) is 26.4 Å². The van der Waals surface area contributed by atoms with E-state index in [1.54, 1.807) is 0 Å². The fourth-order valence-electron chi connectivity index (χ4n) is 2.32. The Bertz CT molecular complexity index is 184. The van der Waals surface area contributed by atoms with E-state index in [2.05, 4.69) is 27.7 Å². The highest BCUT2D eigenvalue weighted by molar-refractivity contribution is 4.80. The number of ether oxygens (including phenoxy) is 2. The fourth-order valence-corrected chi connectivity index (χ4v) is 2.32. The van der Waals surface area contributed by atoms with Gasteiger partial charge in [0.05, 0.1) is 13.2 Å². The summed E-state index contributed by atoms with van der Waals surface area (Å²) in [5.41, 5.74) is 0.322. The van der Waals surface area contributed by atoms with Crippen LogP contribution in [0.25, 0.3) is 0 Å². The first kappa shape index (κ1) is 19.9. The van der Waals surface area contributed by atoms with Crippen molar-refractivity contribution >= 4 is 0 Å². The lowest BCUT2D eigenvalue weighted by atomic mass is 9.81. The Kier molecular flexibility index (Phi) is 13.8. The maximum atomic E-state index is 5.83. The number of unbranched alkanes of at least 4 members (excludes halogenated alkanes) is 4. The summed E-state index contributed by atoms with van der Waals surface area (Å²) < 4.78 is 11.4. The van der Waals surface area contributed by atoms with Gasteiger partial charge in [-0.2, -0.15) is 0 Å². The molecule has 1 aliphatic heterocycles. The van der Waals surface area contributed by atoms with E-state index in [9.17, 15) is 0 Å². The molecule has 1 rings (SSSR count). The Balaban J connectivity index is 0.000000796. The Morgan fingerprint density at radius 3 is 2.20 bits per heavy atom. The van der Waals surface area contributed by atoms with Crippen LogP contribution in [-0.4, -0.2) is 26.4 Å². The van der Waals surface area contributed by atoms with Gasteiger partial charge in [0, 0.05) is 18.6 Å². The van der Waals surface area contributed by atoms with Crippen LogP contribution in [0.1, 0.15) is 85.5 Å². The second-order valence-electron chi connectivity index (χ2n) is 6.12. The molecule has 0 spiro atoms. The lowest BCUT2D eigenvalue weighted by Gasteiger charge is -2.35. The van der Waals surface area contributed by atoms with Gasteiger partial charge in [-0.1, -0.05) is 59.8 Å². The molecule has 2 heteroatoms. The number of hydrogen-bond donors (Lipinski definition) is 0. The molecule has 0 amide bonds. The predicted molar refractivity (Wildman–Crippen MR) is 88.3 cm³/mol. The van der Waals surface area contributed by atoms with Crippen LogP contribution in [0.3, 0.4) is 0 Å². The number of hydrogen-bond acceptors (Lipinski definition) is 2. The third-order valence-corrected chi connectivity index (χ3v) is 4.20. The molecule has 0 bridgehead atoms. The topological polar surface area (TPSA) is 18.5 Å². The molecule has 0 aromatic heterocycles. The van der Waals surface area contributed by atoms with Crippen molar-refractivity contribution < 1.29 is 9.47 Å². The Morgan fingerprint density at radius 1 is 0.950 bits per heavy atom. The van der Waals surface area contributed by atoms with Crippen LogP contribution in [0.2, 0.25) is 0 Å². The van der Waals surface area contributed by atoms with Crippen molar-refractivity contribution in [2.24, 2.45) is 5.41 Å². The SMILES string of the molecule is CCCC.CCCCCCOCC1(CC)CCCOC1. The average Bonchev–Trinajstić information content (AvgIpc) is 2.52. The monoisotopic (exact) mass is 286 g/mol. The highest BCUT2D eigenvalue weighted by atomic mass is 16.5. The summed E-state index contributed by atoms with van der Waals surface area (Å²) in [6.07, 6.45) is 11.5. The second kappa shape index (κ2) is 13.9. The average molecular weight is 286 g/mol. The highest BCUT2D eigenvalue weighted by Crippen LogP contribution is 2.32. The molecule has 1 atom stereocenters. The van der Waals surface area contributed by atoms with Gasteiger partial charge in [-0.3, -0.25) is 0 Å². The summed E-state index contributed by atoms with van der Waals surface area (Å²) >= 11 is 0. The van der Waals surface area contributed by atoms with Crippen LogP contribution in [0.5, 0.6) is 0 Å². The van der Waals surface area contributed by atoms with E-state index in [4.69, 9.17) is 9.47 Å². The highest BCUT2D eigenvalue weighted by Gasteiger charge is 2.31. The van der Waals surface area contributed by atoms with E-state index in [0.29, 0.717) is 5.41 Å². The zero-order chi connectivity index (χ0) is 15.1. The molecule has 20 heavy (non-hydrogen) atoms. The van der Waals surface area contributed by atoms with Gasteiger partial charge in [0.2, 0.25) is 0 Å². The predicted octanol–water partition coefficient (Wildman–Crippen LogP) is 5.60. The third kappa shape index (κ3) is 9.77. The Hall–Kier alpha value is -0.0800. The summed E-state index contributed by atoms with van der Waals surface area (Å²) in [6.45, 7) is 12.5. The maximum Gasteiger partial charge on any atom is 0.0544 e. The molecule has 122 valence electrons. The van der Waals surface area contributed by atoms with E-state index in [1.807, 2.05) is 0 Å². The number of rotatable bonds is 9. The molecule has 0 N–H and O–H groups in total. The summed E-state index contributed by atoms with van der Waals surface area (Å²) in [5.74, 6) is 0. The van der Waals surface area contributed by atoms with Gasteiger partial charge in [0.1, 0.15) is 0 Å². The Labute approximate surface area is 127 Å². The molecule has 0 radical (unpaired) electrons. The lowest BCUT2D eigenvalue weighted by Crippen LogP contribution is -2.35. The van der Waals surface area contributed by atoms with Crippen molar-refractivity contribution in [1.82, 2.24) is 0 Å². The summed E-state index contributed by atoms with van der Waals surface area (Å²) in [4.78, 5) is 0. The summed E-state index contributed by atoms with van der Waals surface area (Å²) in [5, 5.41) is 0. The van der Waals surface area contributed by atoms with E-state index < -0.39 is 0 Å². The molecule has 2 nitrogen and oxygen atoms in total. The van der Waals surface area contributed by atoms with Crippen molar-refractivity contribution in [3.05, 3.63) is 0 Å². The molecule has 0 aliphatic carbocycles. The normalized spacial score (nSPS) is 22.2. The first-order chi connectivity index (χ1) is 9.74.